The van der Waals surface area contributed by atoms with E-state index in [1.165, 1.54) is 12.1 Å². The zero-order chi connectivity index (χ0) is 12.0. The monoisotopic (exact) mass is 231 g/mol. The van der Waals surface area contributed by atoms with Crippen molar-refractivity contribution in [1.29, 1.82) is 0 Å². The Hall–Kier alpha value is -1.64. The van der Waals surface area contributed by atoms with Crippen LogP contribution in [0.3, 0.4) is 0 Å². The van der Waals surface area contributed by atoms with Gasteiger partial charge in [-0.1, -0.05) is 0 Å². The van der Waals surface area contributed by atoms with E-state index in [4.69, 9.17) is 0 Å². The highest BCUT2D eigenvalue weighted by molar-refractivity contribution is 5.82. The number of aromatic amines is 1. The van der Waals surface area contributed by atoms with Crippen molar-refractivity contribution in [2.45, 2.75) is 32.6 Å². The molecule has 0 fully saturated rings. The smallest absolute Gasteiger partial charge is 0.192 e. The molecule has 17 heavy (non-hydrogen) atoms. The molecule has 1 aliphatic carbocycles. The number of nitrogens with one attached hydrogen (secondary N) is 1. The van der Waals surface area contributed by atoms with Gasteiger partial charge in [-0.2, -0.15) is 0 Å². The quantitative estimate of drug-likeness (QED) is 0.743. The summed E-state index contributed by atoms with van der Waals surface area (Å²) in [6, 6.07) is 2.81. The van der Waals surface area contributed by atoms with Gasteiger partial charge in [0.25, 0.3) is 0 Å². The summed E-state index contributed by atoms with van der Waals surface area (Å²) >= 11 is 0. The lowest BCUT2D eigenvalue weighted by molar-refractivity contribution is 0.627. The molecule has 0 amide bonds. The molecule has 1 heterocycles. The van der Waals surface area contributed by atoms with Crippen molar-refractivity contribution in [3.8, 4) is 0 Å². The Morgan fingerprint density at radius 3 is 2.82 bits per heavy atom. The molecule has 0 atom stereocenters. The SMILES string of the molecule is Cc1cc(F)cc2c(=O)c3c([nH]c12)CCCC3. The van der Waals surface area contributed by atoms with Gasteiger partial charge in [0.05, 0.1) is 5.52 Å². The summed E-state index contributed by atoms with van der Waals surface area (Å²) in [5.41, 5.74) is 3.50. The minimum atomic E-state index is -0.337. The number of benzene rings is 1. The van der Waals surface area contributed by atoms with Gasteiger partial charge in [-0.25, -0.2) is 4.39 Å². The van der Waals surface area contributed by atoms with Crippen molar-refractivity contribution in [3.63, 3.8) is 0 Å². The summed E-state index contributed by atoms with van der Waals surface area (Å²) in [6.45, 7) is 1.83. The largest absolute Gasteiger partial charge is 0.358 e. The van der Waals surface area contributed by atoms with Crippen molar-refractivity contribution < 1.29 is 4.39 Å². The molecule has 88 valence electrons. The molecular weight excluding hydrogens is 217 g/mol. The molecular formula is C14H14FNO. The second-order valence-electron chi connectivity index (χ2n) is 4.76. The molecule has 2 nitrogen and oxygen atoms in total. The molecule has 1 aromatic heterocycles. The van der Waals surface area contributed by atoms with Crippen molar-refractivity contribution >= 4 is 10.9 Å². The average molecular weight is 231 g/mol. The molecule has 0 saturated heterocycles. The predicted octanol–water partition coefficient (Wildman–Crippen LogP) is 2.85. The maximum atomic E-state index is 13.4. The molecule has 3 rings (SSSR count). The Bertz CT molecular complexity index is 657. The maximum absolute atomic E-state index is 13.4. The van der Waals surface area contributed by atoms with E-state index in [2.05, 4.69) is 4.98 Å². The van der Waals surface area contributed by atoms with Gasteiger partial charge in [-0.05, 0) is 50.3 Å². The minimum Gasteiger partial charge on any atom is -0.358 e. The van der Waals surface area contributed by atoms with Gasteiger partial charge in [-0.15, -0.1) is 0 Å². The molecule has 0 bridgehead atoms. The van der Waals surface area contributed by atoms with Gasteiger partial charge in [-0.3, -0.25) is 4.79 Å². The van der Waals surface area contributed by atoms with Gasteiger partial charge in [0.2, 0.25) is 0 Å². The van der Waals surface area contributed by atoms with Gasteiger partial charge in [0, 0.05) is 16.6 Å². The van der Waals surface area contributed by atoms with Crippen LogP contribution >= 0.6 is 0 Å². The van der Waals surface area contributed by atoms with Crippen LogP contribution in [0.1, 0.15) is 29.7 Å². The number of H-pyrrole nitrogens is 1. The van der Waals surface area contributed by atoms with Gasteiger partial charge in [0.15, 0.2) is 5.43 Å². The molecule has 1 aliphatic rings. The highest BCUT2D eigenvalue weighted by Crippen LogP contribution is 2.22. The fourth-order valence-electron chi connectivity index (χ4n) is 2.70. The van der Waals surface area contributed by atoms with Crippen molar-refractivity contribution in [2.24, 2.45) is 0 Å². The van der Waals surface area contributed by atoms with Crippen LogP contribution in [0.15, 0.2) is 16.9 Å². The van der Waals surface area contributed by atoms with Crippen molar-refractivity contribution in [1.82, 2.24) is 4.98 Å². The molecule has 0 spiro atoms. The first-order valence-electron chi connectivity index (χ1n) is 6.00. The number of hydrogen-bond acceptors (Lipinski definition) is 1. The summed E-state index contributed by atoms with van der Waals surface area (Å²) in [7, 11) is 0. The molecule has 0 saturated carbocycles. The lowest BCUT2D eigenvalue weighted by Crippen LogP contribution is -2.18. The summed E-state index contributed by atoms with van der Waals surface area (Å²) < 4.78 is 13.4. The van der Waals surface area contributed by atoms with Crippen LogP contribution in [0.5, 0.6) is 0 Å². The Balaban J connectivity index is 2.44. The molecule has 2 aromatic rings. The van der Waals surface area contributed by atoms with Crippen LogP contribution in [0, 0.1) is 12.7 Å². The first kappa shape index (κ1) is 10.5. The third-order valence-corrected chi connectivity index (χ3v) is 3.56. The third kappa shape index (κ3) is 1.57. The standard InChI is InChI=1S/C14H14FNO/c1-8-6-9(15)7-11-13(8)16-12-5-3-2-4-10(12)14(11)17/h6-7H,2-5H2,1H3,(H,16,17). The molecule has 0 aliphatic heterocycles. The Kier molecular flexibility index (Phi) is 2.28. The van der Waals surface area contributed by atoms with E-state index in [0.717, 1.165) is 48.0 Å². The van der Waals surface area contributed by atoms with Gasteiger partial charge >= 0.3 is 0 Å². The van der Waals surface area contributed by atoms with E-state index < -0.39 is 0 Å². The molecule has 0 unspecified atom stereocenters. The third-order valence-electron chi connectivity index (χ3n) is 3.56. The predicted molar refractivity (Wildman–Crippen MR) is 65.9 cm³/mol. The number of halogens is 1. The fraction of sp³-hybridized carbons (Fsp3) is 0.357. The van der Waals surface area contributed by atoms with Gasteiger partial charge < -0.3 is 4.98 Å². The Morgan fingerprint density at radius 1 is 1.24 bits per heavy atom. The Labute approximate surface area is 98.5 Å². The number of hydrogen-bond donors (Lipinski definition) is 1. The number of pyridine rings is 1. The van der Waals surface area contributed by atoms with Crippen LogP contribution in [0.4, 0.5) is 4.39 Å². The first-order chi connectivity index (χ1) is 8.16. The summed E-state index contributed by atoms with van der Waals surface area (Å²) in [5.74, 6) is -0.337. The van der Waals surface area contributed by atoms with E-state index >= 15 is 0 Å². The second kappa shape index (κ2) is 3.69. The lowest BCUT2D eigenvalue weighted by atomic mass is 9.93. The van der Waals surface area contributed by atoms with E-state index in [0.29, 0.717) is 5.39 Å². The number of rotatable bonds is 0. The average Bonchev–Trinajstić information content (AvgIpc) is 2.31. The maximum Gasteiger partial charge on any atom is 0.192 e. The highest BCUT2D eigenvalue weighted by Gasteiger charge is 2.16. The number of fused-ring (bicyclic) bond motifs is 2. The van der Waals surface area contributed by atoms with Crippen molar-refractivity contribution in [3.05, 3.63) is 45.0 Å². The zero-order valence-corrected chi connectivity index (χ0v) is 9.77. The van der Waals surface area contributed by atoms with Crippen LogP contribution in [0.2, 0.25) is 0 Å². The lowest BCUT2D eigenvalue weighted by Gasteiger charge is -2.16. The number of aryl methyl sites for hydroxylation is 2. The topological polar surface area (TPSA) is 32.9 Å². The summed E-state index contributed by atoms with van der Waals surface area (Å²) in [6.07, 6.45) is 3.91. The van der Waals surface area contributed by atoms with Gasteiger partial charge in [0.1, 0.15) is 5.82 Å². The van der Waals surface area contributed by atoms with Crippen molar-refractivity contribution in [2.75, 3.05) is 0 Å². The normalized spacial score (nSPS) is 14.9. The molecule has 3 heteroatoms. The summed E-state index contributed by atoms with van der Waals surface area (Å²) in [4.78, 5) is 15.6. The molecule has 1 N–H and O–H groups in total. The van der Waals surface area contributed by atoms with Crippen LogP contribution in [-0.4, -0.2) is 4.98 Å². The van der Waals surface area contributed by atoms with E-state index in [1.54, 1.807) is 0 Å². The highest BCUT2D eigenvalue weighted by atomic mass is 19.1. The van der Waals surface area contributed by atoms with E-state index in [-0.39, 0.29) is 11.2 Å². The van der Waals surface area contributed by atoms with Crippen LogP contribution < -0.4 is 5.43 Å². The van der Waals surface area contributed by atoms with Crippen LogP contribution in [-0.2, 0) is 12.8 Å². The minimum absolute atomic E-state index is 0.0102. The molecule has 1 aromatic carbocycles. The fourth-order valence-corrected chi connectivity index (χ4v) is 2.70. The Morgan fingerprint density at radius 2 is 2.00 bits per heavy atom. The zero-order valence-electron chi connectivity index (χ0n) is 9.77. The van der Waals surface area contributed by atoms with E-state index in [9.17, 15) is 9.18 Å². The first-order valence-corrected chi connectivity index (χ1v) is 6.00. The second-order valence-corrected chi connectivity index (χ2v) is 4.76. The number of aromatic nitrogens is 1. The summed E-state index contributed by atoms with van der Waals surface area (Å²) in [5, 5.41) is 0.489. The van der Waals surface area contributed by atoms with Crippen LogP contribution in [0.25, 0.3) is 10.9 Å². The molecule has 0 radical (unpaired) electrons. The van der Waals surface area contributed by atoms with E-state index in [1.807, 2.05) is 6.92 Å².